The molecule has 0 spiro atoms. The summed E-state index contributed by atoms with van der Waals surface area (Å²) in [5.41, 5.74) is 4.68. The molecule has 2 N–H and O–H groups in total. The van der Waals surface area contributed by atoms with E-state index in [1.807, 2.05) is 0 Å². The monoisotopic (exact) mass is 234 g/mol. The number of alkyl halides is 2. The van der Waals surface area contributed by atoms with E-state index in [1.165, 1.54) is 0 Å². The Kier molecular flexibility index (Phi) is 3.83. The SMILES string of the molecule is N[C@H](CC(F)F)c1cc([N+](=O)[O-])ccc1F. The minimum atomic E-state index is -2.69. The summed E-state index contributed by atoms with van der Waals surface area (Å²) >= 11 is 0. The van der Waals surface area contributed by atoms with Gasteiger partial charge >= 0.3 is 0 Å². The van der Waals surface area contributed by atoms with Gasteiger partial charge in [-0.2, -0.15) is 0 Å². The molecule has 88 valence electrons. The van der Waals surface area contributed by atoms with E-state index in [2.05, 4.69) is 0 Å². The van der Waals surface area contributed by atoms with Crippen LogP contribution in [0.4, 0.5) is 18.9 Å². The molecule has 0 fully saturated rings. The van der Waals surface area contributed by atoms with Crippen molar-refractivity contribution < 1.29 is 18.1 Å². The highest BCUT2D eigenvalue weighted by atomic mass is 19.3. The first-order chi connectivity index (χ1) is 7.41. The Hall–Kier alpha value is -1.63. The first-order valence-electron chi connectivity index (χ1n) is 4.39. The predicted molar refractivity (Wildman–Crippen MR) is 50.6 cm³/mol. The molecule has 16 heavy (non-hydrogen) atoms. The van der Waals surface area contributed by atoms with Crippen LogP contribution in [-0.2, 0) is 0 Å². The smallest absolute Gasteiger partial charge is 0.269 e. The fourth-order valence-corrected chi connectivity index (χ4v) is 1.25. The molecule has 0 saturated carbocycles. The highest BCUT2D eigenvalue weighted by Gasteiger charge is 2.19. The first kappa shape index (κ1) is 12.4. The molecule has 0 saturated heterocycles. The lowest BCUT2D eigenvalue weighted by Gasteiger charge is -2.11. The number of halogens is 3. The average Bonchev–Trinajstić information content (AvgIpc) is 2.16. The standard InChI is InChI=1S/C9H9F3N2O2/c10-7-2-1-5(14(15)16)3-6(7)8(13)4-9(11)12/h1-3,8-9H,4,13H2/t8-/m1/s1. The van der Waals surface area contributed by atoms with Crippen molar-refractivity contribution in [3.8, 4) is 0 Å². The molecule has 0 heterocycles. The van der Waals surface area contributed by atoms with Crippen molar-refractivity contribution in [1.82, 2.24) is 0 Å². The van der Waals surface area contributed by atoms with Gasteiger partial charge in [0.25, 0.3) is 5.69 Å². The third-order valence-corrected chi connectivity index (χ3v) is 2.02. The third-order valence-electron chi connectivity index (χ3n) is 2.02. The van der Waals surface area contributed by atoms with Gasteiger partial charge in [0.2, 0.25) is 6.43 Å². The van der Waals surface area contributed by atoms with Crippen LogP contribution in [0.15, 0.2) is 18.2 Å². The van der Waals surface area contributed by atoms with Crippen LogP contribution in [0.1, 0.15) is 18.0 Å². The van der Waals surface area contributed by atoms with E-state index in [4.69, 9.17) is 5.73 Å². The van der Waals surface area contributed by atoms with Crippen LogP contribution in [0.3, 0.4) is 0 Å². The summed E-state index contributed by atoms with van der Waals surface area (Å²) in [5, 5.41) is 10.4. The van der Waals surface area contributed by atoms with Crippen LogP contribution in [0.25, 0.3) is 0 Å². The van der Waals surface area contributed by atoms with Crippen LogP contribution in [0.5, 0.6) is 0 Å². The molecule has 0 aromatic heterocycles. The molecule has 0 aliphatic carbocycles. The Labute approximate surface area is 89.0 Å². The van der Waals surface area contributed by atoms with Gasteiger partial charge in [0.05, 0.1) is 4.92 Å². The molecule has 0 unspecified atom stereocenters. The predicted octanol–water partition coefficient (Wildman–Crippen LogP) is 2.39. The van der Waals surface area contributed by atoms with Crippen molar-refractivity contribution in [2.45, 2.75) is 18.9 Å². The number of nitro groups is 1. The lowest BCUT2D eigenvalue weighted by atomic mass is 10.0. The second-order valence-corrected chi connectivity index (χ2v) is 3.20. The summed E-state index contributed by atoms with van der Waals surface area (Å²) in [6.45, 7) is 0. The van der Waals surface area contributed by atoms with E-state index in [1.54, 1.807) is 0 Å². The largest absolute Gasteiger partial charge is 0.324 e. The maximum atomic E-state index is 13.2. The Balaban J connectivity index is 3.02. The molecular weight excluding hydrogens is 225 g/mol. The van der Waals surface area contributed by atoms with Crippen LogP contribution in [0, 0.1) is 15.9 Å². The number of rotatable bonds is 4. The Morgan fingerprint density at radius 3 is 2.56 bits per heavy atom. The number of non-ortho nitro benzene ring substituents is 1. The van der Waals surface area contributed by atoms with Gasteiger partial charge in [0, 0.05) is 30.2 Å². The van der Waals surface area contributed by atoms with Crippen LogP contribution < -0.4 is 5.73 Å². The van der Waals surface area contributed by atoms with Crippen molar-refractivity contribution in [3.05, 3.63) is 39.7 Å². The normalized spacial score (nSPS) is 12.8. The van der Waals surface area contributed by atoms with Gasteiger partial charge in [-0.1, -0.05) is 0 Å². The summed E-state index contributed by atoms with van der Waals surface area (Å²) in [5.74, 6) is -0.821. The molecule has 0 aliphatic rings. The second kappa shape index (κ2) is 4.93. The fraction of sp³-hybridized carbons (Fsp3) is 0.333. The van der Waals surface area contributed by atoms with E-state index >= 15 is 0 Å². The Morgan fingerprint density at radius 2 is 2.06 bits per heavy atom. The van der Waals surface area contributed by atoms with Gasteiger partial charge in [0.1, 0.15) is 5.82 Å². The Morgan fingerprint density at radius 1 is 1.44 bits per heavy atom. The van der Waals surface area contributed by atoms with Crippen molar-refractivity contribution in [3.63, 3.8) is 0 Å². The number of nitrogens with two attached hydrogens (primary N) is 1. The Bertz CT molecular complexity index is 398. The van der Waals surface area contributed by atoms with Crippen molar-refractivity contribution in [2.75, 3.05) is 0 Å². The number of hydrogen-bond donors (Lipinski definition) is 1. The number of nitro benzene ring substituents is 1. The molecular formula is C9H9F3N2O2. The molecule has 0 amide bonds. The number of nitrogens with zero attached hydrogens (tertiary/aromatic N) is 1. The second-order valence-electron chi connectivity index (χ2n) is 3.20. The van der Waals surface area contributed by atoms with Gasteiger partial charge in [-0.3, -0.25) is 10.1 Å². The highest BCUT2D eigenvalue weighted by Crippen LogP contribution is 2.24. The number of hydrogen-bond acceptors (Lipinski definition) is 3. The topological polar surface area (TPSA) is 69.2 Å². The molecule has 1 rings (SSSR count). The summed E-state index contributed by atoms with van der Waals surface area (Å²) < 4.78 is 37.2. The quantitative estimate of drug-likeness (QED) is 0.642. The first-order valence-corrected chi connectivity index (χ1v) is 4.39. The van der Waals surface area contributed by atoms with E-state index in [9.17, 15) is 23.3 Å². The van der Waals surface area contributed by atoms with Crippen LogP contribution >= 0.6 is 0 Å². The average molecular weight is 234 g/mol. The van der Waals surface area contributed by atoms with E-state index in [0.717, 1.165) is 18.2 Å². The fourth-order valence-electron chi connectivity index (χ4n) is 1.25. The van der Waals surface area contributed by atoms with Crippen molar-refractivity contribution in [2.24, 2.45) is 5.73 Å². The molecule has 7 heteroatoms. The summed E-state index contributed by atoms with van der Waals surface area (Å²) in [4.78, 5) is 9.67. The molecule has 0 aliphatic heterocycles. The van der Waals surface area contributed by atoms with Gasteiger partial charge in [-0.05, 0) is 6.07 Å². The van der Waals surface area contributed by atoms with Gasteiger partial charge < -0.3 is 5.73 Å². The molecule has 1 atom stereocenters. The maximum absolute atomic E-state index is 13.2. The van der Waals surface area contributed by atoms with Gasteiger partial charge in [0.15, 0.2) is 0 Å². The zero-order valence-corrected chi connectivity index (χ0v) is 8.07. The summed E-state index contributed by atoms with van der Waals surface area (Å²) in [6.07, 6.45) is -3.42. The number of benzene rings is 1. The molecule has 0 radical (unpaired) electrons. The zero-order chi connectivity index (χ0) is 12.3. The minimum absolute atomic E-state index is 0.269. The van der Waals surface area contributed by atoms with E-state index < -0.39 is 29.6 Å². The van der Waals surface area contributed by atoms with Crippen molar-refractivity contribution in [1.29, 1.82) is 0 Å². The minimum Gasteiger partial charge on any atom is -0.324 e. The van der Waals surface area contributed by atoms with Crippen LogP contribution in [-0.4, -0.2) is 11.3 Å². The van der Waals surface area contributed by atoms with Gasteiger partial charge in [-0.25, -0.2) is 13.2 Å². The maximum Gasteiger partial charge on any atom is 0.269 e. The molecule has 4 nitrogen and oxygen atoms in total. The molecule has 1 aromatic carbocycles. The third kappa shape index (κ3) is 2.93. The van der Waals surface area contributed by atoms with E-state index in [-0.39, 0.29) is 11.3 Å². The van der Waals surface area contributed by atoms with Gasteiger partial charge in [-0.15, -0.1) is 0 Å². The molecule has 0 bridgehead atoms. The summed E-state index contributed by atoms with van der Waals surface area (Å²) in [6, 6.07) is 1.43. The highest BCUT2D eigenvalue weighted by molar-refractivity contribution is 5.36. The molecule has 1 aromatic rings. The van der Waals surface area contributed by atoms with Crippen molar-refractivity contribution >= 4 is 5.69 Å². The van der Waals surface area contributed by atoms with Crippen LogP contribution in [0.2, 0.25) is 0 Å². The lowest BCUT2D eigenvalue weighted by Crippen LogP contribution is -2.15. The summed E-state index contributed by atoms with van der Waals surface area (Å²) in [7, 11) is 0. The lowest BCUT2D eigenvalue weighted by molar-refractivity contribution is -0.385. The zero-order valence-electron chi connectivity index (χ0n) is 8.07. The van der Waals surface area contributed by atoms with E-state index in [0.29, 0.717) is 0 Å².